The molecule has 3 heteroatoms. The van der Waals surface area contributed by atoms with E-state index in [1.165, 1.54) is 25.7 Å². The van der Waals surface area contributed by atoms with Crippen LogP contribution in [-0.4, -0.2) is 5.78 Å². The fourth-order valence-corrected chi connectivity index (χ4v) is 2.94. The molecular weight excluding hydrogens is 312 g/mol. The summed E-state index contributed by atoms with van der Waals surface area (Å²) in [5.41, 5.74) is 0.632. The van der Waals surface area contributed by atoms with E-state index in [1.54, 1.807) is 6.07 Å². The van der Waals surface area contributed by atoms with Crippen molar-refractivity contribution in [2.75, 3.05) is 0 Å². The van der Waals surface area contributed by atoms with Crippen LogP contribution in [0.5, 0.6) is 0 Å². The lowest BCUT2D eigenvalue weighted by Gasteiger charge is -2.06. The van der Waals surface area contributed by atoms with Crippen LogP contribution in [0.2, 0.25) is 5.02 Å². The summed E-state index contributed by atoms with van der Waals surface area (Å²) in [6.45, 7) is 2.21. The molecule has 1 aromatic carbocycles. The number of hydrogen-bond donors (Lipinski definition) is 0. The van der Waals surface area contributed by atoms with E-state index in [2.05, 4.69) is 22.9 Å². The lowest BCUT2D eigenvalue weighted by atomic mass is 10.0. The predicted molar refractivity (Wildman–Crippen MR) is 81.5 cm³/mol. The van der Waals surface area contributed by atoms with Crippen LogP contribution < -0.4 is 0 Å². The molecule has 0 atom stereocenters. The van der Waals surface area contributed by atoms with E-state index in [0.29, 0.717) is 17.0 Å². The average molecular weight is 332 g/mol. The summed E-state index contributed by atoms with van der Waals surface area (Å²) in [6.07, 6.45) is 7.74. The number of halogens is 2. The zero-order valence-electron chi connectivity index (χ0n) is 10.8. The van der Waals surface area contributed by atoms with Crippen molar-refractivity contribution in [3.8, 4) is 0 Å². The van der Waals surface area contributed by atoms with Crippen molar-refractivity contribution in [3.63, 3.8) is 0 Å². The second-order valence-electron chi connectivity index (χ2n) is 4.54. The number of unbranched alkanes of at least 4 members (excludes halogenated alkanes) is 5. The standard InChI is InChI=1S/C15H20BrClO/c1-2-3-4-5-6-7-11-14(18)15-12(16)9-8-10-13(15)17/h8-10H,2-7,11H2,1H3. The van der Waals surface area contributed by atoms with Gasteiger partial charge in [0.15, 0.2) is 5.78 Å². The zero-order chi connectivity index (χ0) is 13.4. The number of Topliss-reactive ketones (excluding diaryl/α,β-unsaturated/α-hetero) is 1. The Labute approximate surface area is 123 Å². The second kappa shape index (κ2) is 8.71. The maximum atomic E-state index is 12.1. The van der Waals surface area contributed by atoms with E-state index in [0.717, 1.165) is 17.3 Å². The fourth-order valence-electron chi connectivity index (χ4n) is 1.96. The van der Waals surface area contributed by atoms with Crippen molar-refractivity contribution in [1.82, 2.24) is 0 Å². The second-order valence-corrected chi connectivity index (χ2v) is 5.80. The van der Waals surface area contributed by atoms with E-state index in [1.807, 2.05) is 12.1 Å². The molecule has 0 aromatic heterocycles. The minimum absolute atomic E-state index is 0.142. The van der Waals surface area contributed by atoms with Crippen molar-refractivity contribution in [2.24, 2.45) is 0 Å². The first kappa shape index (κ1) is 15.7. The Bertz CT molecular complexity index is 370. The molecule has 18 heavy (non-hydrogen) atoms. The third-order valence-corrected chi connectivity index (χ3v) is 3.97. The number of ketones is 1. The Morgan fingerprint density at radius 2 is 1.83 bits per heavy atom. The number of benzene rings is 1. The molecule has 0 heterocycles. The molecular formula is C15H20BrClO. The maximum absolute atomic E-state index is 12.1. The molecule has 0 fully saturated rings. The first-order valence-corrected chi connectivity index (χ1v) is 7.81. The van der Waals surface area contributed by atoms with E-state index < -0.39 is 0 Å². The van der Waals surface area contributed by atoms with Gasteiger partial charge in [0, 0.05) is 10.9 Å². The molecule has 100 valence electrons. The monoisotopic (exact) mass is 330 g/mol. The first-order chi connectivity index (χ1) is 8.66. The summed E-state index contributed by atoms with van der Waals surface area (Å²) in [7, 11) is 0. The minimum Gasteiger partial charge on any atom is -0.294 e. The molecule has 0 N–H and O–H groups in total. The van der Waals surface area contributed by atoms with Gasteiger partial charge in [0.2, 0.25) is 0 Å². The first-order valence-electron chi connectivity index (χ1n) is 6.64. The molecule has 0 aliphatic heterocycles. The normalized spacial score (nSPS) is 10.6. The topological polar surface area (TPSA) is 17.1 Å². The molecule has 1 rings (SSSR count). The predicted octanol–water partition coefficient (Wildman–Crippen LogP) is 6.04. The summed E-state index contributed by atoms with van der Waals surface area (Å²) in [5, 5.41) is 0.542. The van der Waals surface area contributed by atoms with Gasteiger partial charge in [-0.15, -0.1) is 0 Å². The summed E-state index contributed by atoms with van der Waals surface area (Å²) in [5.74, 6) is 0.142. The van der Waals surface area contributed by atoms with Crippen molar-refractivity contribution < 1.29 is 4.79 Å². The third-order valence-electron chi connectivity index (χ3n) is 3.00. The smallest absolute Gasteiger partial charge is 0.165 e. The van der Waals surface area contributed by atoms with Crippen molar-refractivity contribution in [1.29, 1.82) is 0 Å². The minimum atomic E-state index is 0.142. The van der Waals surface area contributed by atoms with Gasteiger partial charge in [0.05, 0.1) is 10.6 Å². The average Bonchev–Trinajstić information content (AvgIpc) is 2.33. The van der Waals surface area contributed by atoms with E-state index in [4.69, 9.17) is 11.6 Å². The summed E-state index contributed by atoms with van der Waals surface area (Å²) >= 11 is 9.44. The highest BCUT2D eigenvalue weighted by molar-refractivity contribution is 9.10. The largest absolute Gasteiger partial charge is 0.294 e. The van der Waals surface area contributed by atoms with Crippen molar-refractivity contribution in [2.45, 2.75) is 51.9 Å². The van der Waals surface area contributed by atoms with Gasteiger partial charge in [-0.05, 0) is 34.5 Å². The Hall–Kier alpha value is -0.340. The summed E-state index contributed by atoms with van der Waals surface area (Å²) < 4.78 is 0.797. The van der Waals surface area contributed by atoms with Crippen molar-refractivity contribution in [3.05, 3.63) is 33.3 Å². The third kappa shape index (κ3) is 5.11. The highest BCUT2D eigenvalue weighted by atomic mass is 79.9. The van der Waals surface area contributed by atoms with E-state index in [9.17, 15) is 4.79 Å². The molecule has 0 saturated carbocycles. The zero-order valence-corrected chi connectivity index (χ0v) is 13.2. The Morgan fingerprint density at radius 1 is 1.17 bits per heavy atom. The van der Waals surface area contributed by atoms with Gasteiger partial charge in [-0.1, -0.05) is 56.7 Å². The SMILES string of the molecule is CCCCCCCCC(=O)c1c(Cl)cccc1Br. The van der Waals surface area contributed by atoms with Gasteiger partial charge in [-0.3, -0.25) is 4.79 Å². The highest BCUT2D eigenvalue weighted by Gasteiger charge is 2.13. The van der Waals surface area contributed by atoms with Crippen LogP contribution in [0.4, 0.5) is 0 Å². The number of hydrogen-bond acceptors (Lipinski definition) is 1. The lowest BCUT2D eigenvalue weighted by Crippen LogP contribution is -2.01. The van der Waals surface area contributed by atoms with Crippen LogP contribution in [-0.2, 0) is 0 Å². The van der Waals surface area contributed by atoms with E-state index in [-0.39, 0.29) is 5.78 Å². The molecule has 0 spiro atoms. The van der Waals surface area contributed by atoms with E-state index >= 15 is 0 Å². The van der Waals surface area contributed by atoms with Gasteiger partial charge in [-0.25, -0.2) is 0 Å². The molecule has 0 aliphatic rings. The van der Waals surface area contributed by atoms with Crippen LogP contribution in [0.1, 0.15) is 62.2 Å². The summed E-state index contributed by atoms with van der Waals surface area (Å²) in [4.78, 5) is 12.1. The van der Waals surface area contributed by atoms with Gasteiger partial charge >= 0.3 is 0 Å². The highest BCUT2D eigenvalue weighted by Crippen LogP contribution is 2.26. The van der Waals surface area contributed by atoms with Gasteiger partial charge in [-0.2, -0.15) is 0 Å². The Kier molecular flexibility index (Phi) is 7.60. The van der Waals surface area contributed by atoms with Crippen LogP contribution >= 0.6 is 27.5 Å². The van der Waals surface area contributed by atoms with Crippen LogP contribution in [0, 0.1) is 0 Å². The van der Waals surface area contributed by atoms with Crippen LogP contribution in [0.3, 0.4) is 0 Å². The van der Waals surface area contributed by atoms with Gasteiger partial charge in [0.25, 0.3) is 0 Å². The molecule has 0 bridgehead atoms. The molecule has 0 aliphatic carbocycles. The molecule has 0 amide bonds. The van der Waals surface area contributed by atoms with Crippen LogP contribution in [0.15, 0.2) is 22.7 Å². The fraction of sp³-hybridized carbons (Fsp3) is 0.533. The molecule has 1 nitrogen and oxygen atoms in total. The Morgan fingerprint density at radius 3 is 2.50 bits per heavy atom. The van der Waals surface area contributed by atoms with Gasteiger partial charge < -0.3 is 0 Å². The maximum Gasteiger partial charge on any atom is 0.165 e. The van der Waals surface area contributed by atoms with Gasteiger partial charge in [0.1, 0.15) is 0 Å². The molecule has 0 unspecified atom stereocenters. The van der Waals surface area contributed by atoms with Crippen molar-refractivity contribution >= 4 is 33.3 Å². The molecule has 0 saturated heterocycles. The summed E-state index contributed by atoms with van der Waals surface area (Å²) in [6, 6.07) is 5.47. The number of rotatable bonds is 8. The molecule has 0 radical (unpaired) electrons. The number of carbonyl (C=O) groups is 1. The lowest BCUT2D eigenvalue weighted by molar-refractivity contribution is 0.0978. The number of carbonyl (C=O) groups excluding carboxylic acids is 1. The quantitative estimate of drug-likeness (QED) is 0.419. The Balaban J connectivity index is 2.37. The molecule has 1 aromatic rings. The van der Waals surface area contributed by atoms with Crippen LogP contribution in [0.25, 0.3) is 0 Å².